The van der Waals surface area contributed by atoms with Crippen LogP contribution in [0, 0.1) is 5.92 Å². The molecule has 0 spiro atoms. The maximum Gasteiger partial charge on any atom is 0.217 e. The number of hydrogen-bond acceptors (Lipinski definition) is 1. The highest BCUT2D eigenvalue weighted by atomic mass is 16.1. The lowest BCUT2D eigenvalue weighted by atomic mass is 9.99. The highest BCUT2D eigenvalue weighted by molar-refractivity contribution is 5.73. The second kappa shape index (κ2) is 4.94. The topological polar surface area (TPSA) is 29.1 Å². The van der Waals surface area contributed by atoms with Crippen LogP contribution in [0.4, 0.5) is 0 Å². The van der Waals surface area contributed by atoms with Gasteiger partial charge in [-0.3, -0.25) is 4.79 Å². The Kier molecular flexibility index (Phi) is 4.59. The predicted molar refractivity (Wildman–Crippen MR) is 47.3 cm³/mol. The van der Waals surface area contributed by atoms with E-state index < -0.39 is 0 Å². The first kappa shape index (κ1) is 10.2. The molecule has 0 aliphatic carbocycles. The van der Waals surface area contributed by atoms with Crippen LogP contribution in [0.25, 0.3) is 0 Å². The Morgan fingerprint density at radius 3 is 2.55 bits per heavy atom. The molecule has 0 saturated carbocycles. The van der Waals surface area contributed by atoms with Crippen LogP contribution in [0.1, 0.15) is 27.2 Å². The van der Waals surface area contributed by atoms with E-state index in [9.17, 15) is 4.79 Å². The molecule has 0 aromatic rings. The molecule has 0 bridgehead atoms. The zero-order chi connectivity index (χ0) is 8.85. The van der Waals surface area contributed by atoms with Gasteiger partial charge in [-0.1, -0.05) is 26.3 Å². The van der Waals surface area contributed by atoms with Gasteiger partial charge in [-0.25, -0.2) is 0 Å². The zero-order valence-corrected chi connectivity index (χ0v) is 7.55. The SMILES string of the molecule is C=CC(NC(C)=O)C(C)CC. The highest BCUT2D eigenvalue weighted by Crippen LogP contribution is 2.07. The summed E-state index contributed by atoms with van der Waals surface area (Å²) in [6.07, 6.45) is 2.84. The van der Waals surface area contributed by atoms with Gasteiger partial charge in [0, 0.05) is 13.0 Å². The number of rotatable bonds is 4. The highest BCUT2D eigenvalue weighted by Gasteiger charge is 2.11. The van der Waals surface area contributed by atoms with Crippen LogP contribution in [0.5, 0.6) is 0 Å². The van der Waals surface area contributed by atoms with Crippen LogP contribution in [-0.2, 0) is 4.79 Å². The molecule has 1 amide bonds. The van der Waals surface area contributed by atoms with Gasteiger partial charge in [0.05, 0.1) is 0 Å². The first-order chi connectivity index (χ1) is 5.11. The second-order valence-corrected chi connectivity index (χ2v) is 2.85. The number of carbonyl (C=O) groups excluding carboxylic acids is 1. The van der Waals surface area contributed by atoms with E-state index in [2.05, 4.69) is 25.7 Å². The van der Waals surface area contributed by atoms with Crippen molar-refractivity contribution in [3.05, 3.63) is 12.7 Å². The van der Waals surface area contributed by atoms with Gasteiger partial charge in [0.1, 0.15) is 0 Å². The number of hydrogen-bond donors (Lipinski definition) is 1. The molecule has 0 aliphatic heterocycles. The van der Waals surface area contributed by atoms with Crippen molar-refractivity contribution < 1.29 is 4.79 Å². The van der Waals surface area contributed by atoms with Crippen molar-refractivity contribution in [2.75, 3.05) is 0 Å². The average Bonchev–Trinajstić information content (AvgIpc) is 1.98. The third kappa shape index (κ3) is 3.81. The van der Waals surface area contributed by atoms with Gasteiger partial charge in [0.25, 0.3) is 0 Å². The van der Waals surface area contributed by atoms with E-state index in [0.717, 1.165) is 6.42 Å². The fraction of sp³-hybridized carbons (Fsp3) is 0.667. The maximum atomic E-state index is 10.7. The standard InChI is InChI=1S/C9H17NO/c1-5-7(3)9(6-2)10-8(4)11/h6-7,9H,2,5H2,1,3-4H3,(H,10,11). The molecule has 0 aromatic heterocycles. The molecule has 1 N–H and O–H groups in total. The molecular formula is C9H17NO. The summed E-state index contributed by atoms with van der Waals surface area (Å²) in [6.45, 7) is 9.39. The zero-order valence-electron chi connectivity index (χ0n) is 7.55. The van der Waals surface area contributed by atoms with Gasteiger partial charge >= 0.3 is 0 Å². The maximum absolute atomic E-state index is 10.7. The Morgan fingerprint density at radius 1 is 1.73 bits per heavy atom. The molecule has 2 unspecified atom stereocenters. The van der Waals surface area contributed by atoms with Crippen molar-refractivity contribution in [1.29, 1.82) is 0 Å². The van der Waals surface area contributed by atoms with E-state index in [1.807, 2.05) is 0 Å². The molecular weight excluding hydrogens is 138 g/mol. The van der Waals surface area contributed by atoms with E-state index in [-0.39, 0.29) is 11.9 Å². The van der Waals surface area contributed by atoms with E-state index in [0.29, 0.717) is 5.92 Å². The monoisotopic (exact) mass is 155 g/mol. The molecule has 2 heteroatoms. The van der Waals surface area contributed by atoms with Gasteiger partial charge in [0.15, 0.2) is 0 Å². The van der Waals surface area contributed by atoms with Crippen LogP contribution in [-0.4, -0.2) is 11.9 Å². The number of amides is 1. The lowest BCUT2D eigenvalue weighted by Gasteiger charge is -2.19. The molecule has 0 aromatic carbocycles. The van der Waals surface area contributed by atoms with Gasteiger partial charge < -0.3 is 5.32 Å². The average molecular weight is 155 g/mol. The van der Waals surface area contributed by atoms with Gasteiger partial charge in [-0.05, 0) is 5.92 Å². The Bertz CT molecular complexity index is 142. The molecule has 0 fully saturated rings. The summed E-state index contributed by atoms with van der Waals surface area (Å²) >= 11 is 0. The van der Waals surface area contributed by atoms with Crippen LogP contribution >= 0.6 is 0 Å². The van der Waals surface area contributed by atoms with Crippen molar-refractivity contribution in [2.24, 2.45) is 5.92 Å². The minimum atomic E-state index is 0.00944. The number of carbonyl (C=O) groups is 1. The van der Waals surface area contributed by atoms with Crippen LogP contribution < -0.4 is 5.32 Å². The van der Waals surface area contributed by atoms with E-state index in [1.165, 1.54) is 6.92 Å². The van der Waals surface area contributed by atoms with Crippen molar-refractivity contribution >= 4 is 5.91 Å². The Hall–Kier alpha value is -0.790. The van der Waals surface area contributed by atoms with Gasteiger partial charge in [-0.2, -0.15) is 0 Å². The summed E-state index contributed by atoms with van der Waals surface area (Å²) in [5.74, 6) is 0.478. The molecule has 2 nitrogen and oxygen atoms in total. The Labute approximate surface area is 68.7 Å². The quantitative estimate of drug-likeness (QED) is 0.615. The Balaban J connectivity index is 3.94. The smallest absolute Gasteiger partial charge is 0.217 e. The molecule has 0 aliphatic rings. The summed E-state index contributed by atoms with van der Waals surface area (Å²) < 4.78 is 0. The normalized spacial score (nSPS) is 15.2. The van der Waals surface area contributed by atoms with Gasteiger partial charge in [0.2, 0.25) is 5.91 Å². The van der Waals surface area contributed by atoms with E-state index in [4.69, 9.17) is 0 Å². The minimum Gasteiger partial charge on any atom is -0.350 e. The lowest BCUT2D eigenvalue weighted by molar-refractivity contribution is -0.119. The van der Waals surface area contributed by atoms with Gasteiger partial charge in [-0.15, -0.1) is 6.58 Å². The molecule has 2 atom stereocenters. The van der Waals surface area contributed by atoms with E-state index in [1.54, 1.807) is 6.08 Å². The first-order valence-corrected chi connectivity index (χ1v) is 4.01. The summed E-state index contributed by atoms with van der Waals surface area (Å²) in [5, 5.41) is 2.82. The summed E-state index contributed by atoms with van der Waals surface area (Å²) in [6, 6.07) is 0.123. The van der Waals surface area contributed by atoms with Crippen LogP contribution in [0.15, 0.2) is 12.7 Å². The van der Waals surface area contributed by atoms with Crippen LogP contribution in [0.2, 0.25) is 0 Å². The number of nitrogens with one attached hydrogen (secondary N) is 1. The fourth-order valence-corrected chi connectivity index (χ4v) is 0.922. The third-order valence-corrected chi connectivity index (χ3v) is 1.88. The molecule has 0 rings (SSSR count). The molecule has 64 valence electrons. The van der Waals surface area contributed by atoms with Crippen LogP contribution in [0.3, 0.4) is 0 Å². The van der Waals surface area contributed by atoms with Crippen molar-refractivity contribution in [3.63, 3.8) is 0 Å². The lowest BCUT2D eigenvalue weighted by Crippen LogP contribution is -2.36. The summed E-state index contributed by atoms with van der Waals surface area (Å²) in [4.78, 5) is 10.7. The molecule has 0 radical (unpaired) electrons. The van der Waals surface area contributed by atoms with E-state index >= 15 is 0 Å². The second-order valence-electron chi connectivity index (χ2n) is 2.85. The van der Waals surface area contributed by atoms with Crippen molar-refractivity contribution in [3.8, 4) is 0 Å². The Morgan fingerprint density at radius 2 is 2.27 bits per heavy atom. The predicted octanol–water partition coefficient (Wildman–Crippen LogP) is 1.72. The molecule has 0 heterocycles. The van der Waals surface area contributed by atoms with Crippen molar-refractivity contribution in [2.45, 2.75) is 33.2 Å². The molecule has 0 saturated heterocycles. The largest absolute Gasteiger partial charge is 0.350 e. The fourth-order valence-electron chi connectivity index (χ4n) is 0.922. The third-order valence-electron chi connectivity index (χ3n) is 1.88. The summed E-state index contributed by atoms with van der Waals surface area (Å²) in [5.41, 5.74) is 0. The minimum absolute atomic E-state index is 0.00944. The van der Waals surface area contributed by atoms with Crippen molar-refractivity contribution in [1.82, 2.24) is 5.32 Å². The first-order valence-electron chi connectivity index (χ1n) is 4.01. The molecule has 11 heavy (non-hydrogen) atoms. The summed E-state index contributed by atoms with van der Waals surface area (Å²) in [7, 11) is 0.